The van der Waals surface area contributed by atoms with Crippen LogP contribution in [0.4, 0.5) is 5.69 Å². The monoisotopic (exact) mass is 291 g/mol. The molecule has 0 bridgehead atoms. The molecule has 1 aliphatic heterocycles. The van der Waals surface area contributed by atoms with E-state index in [9.17, 15) is 0 Å². The van der Waals surface area contributed by atoms with Crippen LogP contribution in [0.1, 0.15) is 46.6 Å². The van der Waals surface area contributed by atoms with Crippen molar-refractivity contribution >= 4 is 5.69 Å². The zero-order chi connectivity index (χ0) is 15.5. The van der Waals surface area contributed by atoms with Gasteiger partial charge in [-0.05, 0) is 52.3 Å². The van der Waals surface area contributed by atoms with Crippen LogP contribution in [0.5, 0.6) is 0 Å². The van der Waals surface area contributed by atoms with Gasteiger partial charge in [0.25, 0.3) is 0 Å². The molecule has 2 heterocycles. The molecule has 1 saturated heterocycles. The molecule has 0 aliphatic carbocycles. The van der Waals surface area contributed by atoms with Crippen LogP contribution < -0.4 is 10.2 Å². The maximum Gasteiger partial charge on any atom is 0.0808 e. The highest BCUT2D eigenvalue weighted by atomic mass is 16.5. The molecule has 118 valence electrons. The number of aromatic nitrogens is 1. The van der Waals surface area contributed by atoms with E-state index in [1.807, 2.05) is 12.4 Å². The molecular weight excluding hydrogens is 262 g/mol. The Morgan fingerprint density at radius 3 is 2.52 bits per heavy atom. The van der Waals surface area contributed by atoms with Crippen LogP contribution in [0.15, 0.2) is 18.5 Å². The van der Waals surface area contributed by atoms with Gasteiger partial charge in [-0.3, -0.25) is 4.98 Å². The van der Waals surface area contributed by atoms with Crippen molar-refractivity contribution in [3.05, 3.63) is 24.0 Å². The molecule has 1 aromatic rings. The standard InChI is InChI=1S/C17H29N3O/c1-6-8-18-10-14-7-9-19-11-15(14)20-12-16(2,3)21-17(4,5)13-20/h7,9,11,18H,6,8,10,12-13H2,1-5H3. The van der Waals surface area contributed by atoms with Crippen molar-refractivity contribution in [3.8, 4) is 0 Å². The van der Waals surface area contributed by atoms with Gasteiger partial charge in [0.15, 0.2) is 0 Å². The topological polar surface area (TPSA) is 37.4 Å². The van der Waals surface area contributed by atoms with Crippen molar-refractivity contribution < 1.29 is 4.74 Å². The Labute approximate surface area is 128 Å². The zero-order valence-electron chi connectivity index (χ0n) is 14.1. The first kappa shape index (κ1) is 16.2. The summed E-state index contributed by atoms with van der Waals surface area (Å²) in [6, 6.07) is 2.12. The maximum absolute atomic E-state index is 6.17. The third kappa shape index (κ3) is 4.42. The van der Waals surface area contributed by atoms with Crippen molar-refractivity contribution in [2.45, 2.75) is 58.8 Å². The van der Waals surface area contributed by atoms with Crippen LogP contribution in [-0.4, -0.2) is 35.8 Å². The van der Waals surface area contributed by atoms with E-state index in [1.165, 1.54) is 11.3 Å². The zero-order valence-corrected chi connectivity index (χ0v) is 14.1. The van der Waals surface area contributed by atoms with Crippen LogP contribution in [0.2, 0.25) is 0 Å². The molecule has 1 N–H and O–H groups in total. The van der Waals surface area contributed by atoms with Gasteiger partial charge >= 0.3 is 0 Å². The van der Waals surface area contributed by atoms with Gasteiger partial charge in [0, 0.05) is 25.8 Å². The van der Waals surface area contributed by atoms with Crippen molar-refractivity contribution in [2.24, 2.45) is 0 Å². The SMILES string of the molecule is CCCNCc1ccncc1N1CC(C)(C)OC(C)(C)C1. The van der Waals surface area contributed by atoms with Crippen molar-refractivity contribution in [3.63, 3.8) is 0 Å². The van der Waals surface area contributed by atoms with Crippen molar-refractivity contribution in [1.29, 1.82) is 0 Å². The number of nitrogens with zero attached hydrogens (tertiary/aromatic N) is 2. The minimum Gasteiger partial charge on any atom is -0.366 e. The summed E-state index contributed by atoms with van der Waals surface area (Å²) in [6.07, 6.45) is 5.02. The number of ether oxygens (including phenoxy) is 1. The molecule has 4 nitrogen and oxygen atoms in total. The van der Waals surface area contributed by atoms with Crippen molar-refractivity contribution in [2.75, 3.05) is 24.5 Å². The molecule has 0 saturated carbocycles. The average molecular weight is 291 g/mol. The van der Waals surface area contributed by atoms with Gasteiger partial charge in [-0.25, -0.2) is 0 Å². The average Bonchev–Trinajstić information content (AvgIpc) is 2.36. The third-order valence-corrected chi connectivity index (χ3v) is 3.67. The molecule has 0 amide bonds. The fourth-order valence-electron chi connectivity index (χ4n) is 3.21. The first-order chi connectivity index (χ1) is 9.83. The minimum absolute atomic E-state index is 0.147. The Morgan fingerprint density at radius 2 is 1.90 bits per heavy atom. The smallest absolute Gasteiger partial charge is 0.0808 e. The second kappa shape index (κ2) is 6.32. The number of rotatable bonds is 5. The lowest BCUT2D eigenvalue weighted by atomic mass is 9.98. The molecule has 0 spiro atoms. The van der Waals surface area contributed by atoms with Gasteiger partial charge < -0.3 is 15.0 Å². The highest BCUT2D eigenvalue weighted by Crippen LogP contribution is 2.32. The number of morpholine rings is 1. The van der Waals surface area contributed by atoms with Crippen LogP contribution >= 0.6 is 0 Å². The van der Waals surface area contributed by atoms with E-state index in [0.717, 1.165) is 32.6 Å². The summed E-state index contributed by atoms with van der Waals surface area (Å²) in [6.45, 7) is 14.5. The van der Waals surface area contributed by atoms with E-state index in [1.54, 1.807) is 0 Å². The summed E-state index contributed by atoms with van der Waals surface area (Å²) in [5.41, 5.74) is 2.25. The summed E-state index contributed by atoms with van der Waals surface area (Å²) in [7, 11) is 0. The molecule has 2 rings (SSSR count). The van der Waals surface area contributed by atoms with Gasteiger partial charge in [0.2, 0.25) is 0 Å². The first-order valence-corrected chi connectivity index (χ1v) is 7.92. The number of anilines is 1. The number of hydrogen-bond donors (Lipinski definition) is 1. The quantitative estimate of drug-likeness (QED) is 0.846. The molecule has 0 radical (unpaired) electrons. The molecule has 0 aromatic carbocycles. The maximum atomic E-state index is 6.17. The number of pyridine rings is 1. The molecule has 0 atom stereocenters. The third-order valence-electron chi connectivity index (χ3n) is 3.67. The lowest BCUT2D eigenvalue weighted by molar-refractivity contribution is -0.133. The second-order valence-corrected chi connectivity index (χ2v) is 7.16. The molecule has 1 fully saturated rings. The van der Waals surface area contributed by atoms with Crippen LogP contribution in [0, 0.1) is 0 Å². The summed E-state index contributed by atoms with van der Waals surface area (Å²) in [5.74, 6) is 0. The molecule has 1 aromatic heterocycles. The summed E-state index contributed by atoms with van der Waals surface area (Å²) >= 11 is 0. The Morgan fingerprint density at radius 1 is 1.24 bits per heavy atom. The Kier molecular flexibility index (Phi) is 4.89. The predicted octanol–water partition coefficient (Wildman–Crippen LogP) is 2.98. The molecule has 1 aliphatic rings. The minimum atomic E-state index is -0.147. The Bertz CT molecular complexity index is 455. The fraction of sp³-hybridized carbons (Fsp3) is 0.706. The summed E-state index contributed by atoms with van der Waals surface area (Å²) in [4.78, 5) is 6.75. The number of hydrogen-bond acceptors (Lipinski definition) is 4. The summed E-state index contributed by atoms with van der Waals surface area (Å²) in [5, 5.41) is 3.49. The van der Waals surface area contributed by atoms with E-state index in [2.05, 4.69) is 55.9 Å². The van der Waals surface area contributed by atoms with Gasteiger partial charge in [0.1, 0.15) is 0 Å². The van der Waals surface area contributed by atoms with Crippen molar-refractivity contribution in [1.82, 2.24) is 10.3 Å². The van der Waals surface area contributed by atoms with Crippen LogP contribution in [0.25, 0.3) is 0 Å². The molecule has 21 heavy (non-hydrogen) atoms. The Hall–Kier alpha value is -1.13. The van der Waals surface area contributed by atoms with Crippen LogP contribution in [-0.2, 0) is 11.3 Å². The molecule has 0 unspecified atom stereocenters. The molecular formula is C17H29N3O. The Balaban J connectivity index is 2.20. The highest BCUT2D eigenvalue weighted by molar-refractivity contribution is 5.52. The lowest BCUT2D eigenvalue weighted by Crippen LogP contribution is -2.57. The lowest BCUT2D eigenvalue weighted by Gasteiger charge is -2.48. The first-order valence-electron chi connectivity index (χ1n) is 7.92. The fourth-order valence-corrected chi connectivity index (χ4v) is 3.21. The van der Waals surface area contributed by atoms with E-state index in [-0.39, 0.29) is 11.2 Å². The van der Waals surface area contributed by atoms with Gasteiger partial charge in [-0.2, -0.15) is 0 Å². The van der Waals surface area contributed by atoms with Gasteiger partial charge in [0.05, 0.1) is 23.1 Å². The second-order valence-electron chi connectivity index (χ2n) is 7.16. The molecule has 4 heteroatoms. The van der Waals surface area contributed by atoms with E-state index >= 15 is 0 Å². The van der Waals surface area contributed by atoms with Crippen LogP contribution in [0.3, 0.4) is 0 Å². The van der Waals surface area contributed by atoms with Gasteiger partial charge in [-0.1, -0.05) is 6.92 Å². The number of nitrogens with one attached hydrogen (secondary N) is 1. The van der Waals surface area contributed by atoms with E-state index in [0.29, 0.717) is 0 Å². The summed E-state index contributed by atoms with van der Waals surface area (Å²) < 4.78 is 6.17. The normalized spacial score (nSPS) is 20.5. The predicted molar refractivity (Wildman–Crippen MR) is 87.7 cm³/mol. The van der Waals surface area contributed by atoms with E-state index < -0.39 is 0 Å². The highest BCUT2D eigenvalue weighted by Gasteiger charge is 2.38. The van der Waals surface area contributed by atoms with Gasteiger partial charge in [-0.15, -0.1) is 0 Å². The largest absolute Gasteiger partial charge is 0.366 e. The van der Waals surface area contributed by atoms with E-state index in [4.69, 9.17) is 4.74 Å².